The molecule has 3 rings (SSSR count). The monoisotopic (exact) mass is 410 g/mol. The fraction of sp³-hybridized carbons (Fsp3) is 0.520. The first-order valence-electron chi connectivity index (χ1n) is 11.1. The van der Waals surface area contributed by atoms with E-state index < -0.39 is 0 Å². The van der Waals surface area contributed by atoms with Crippen LogP contribution >= 0.6 is 0 Å². The molecule has 1 fully saturated rings. The first-order valence-corrected chi connectivity index (χ1v) is 11.1. The van der Waals surface area contributed by atoms with E-state index in [9.17, 15) is 4.79 Å². The van der Waals surface area contributed by atoms with Crippen LogP contribution in [-0.2, 0) is 6.54 Å². The van der Waals surface area contributed by atoms with Gasteiger partial charge in [0, 0.05) is 38.1 Å². The Balaban J connectivity index is 0.000000469. The quantitative estimate of drug-likeness (QED) is 0.794. The van der Waals surface area contributed by atoms with E-state index in [1.165, 1.54) is 24.0 Å². The van der Waals surface area contributed by atoms with Crippen molar-refractivity contribution >= 4 is 5.91 Å². The van der Waals surface area contributed by atoms with E-state index in [1.54, 1.807) is 17.2 Å². The van der Waals surface area contributed by atoms with Crippen molar-refractivity contribution < 1.29 is 4.79 Å². The molecule has 2 heterocycles. The van der Waals surface area contributed by atoms with Gasteiger partial charge in [0.05, 0.1) is 11.7 Å². The molecule has 1 unspecified atom stereocenters. The van der Waals surface area contributed by atoms with Crippen LogP contribution in [-0.4, -0.2) is 46.5 Å². The number of piperazine rings is 1. The smallest absolute Gasteiger partial charge is 0.257 e. The molecule has 164 valence electrons. The third-order valence-corrected chi connectivity index (χ3v) is 5.52. The van der Waals surface area contributed by atoms with Crippen molar-refractivity contribution in [2.45, 2.75) is 60.2 Å². The third-order valence-electron chi connectivity index (χ3n) is 5.52. The number of pyridine rings is 1. The van der Waals surface area contributed by atoms with Crippen molar-refractivity contribution in [2.24, 2.45) is 11.7 Å². The van der Waals surface area contributed by atoms with Gasteiger partial charge in [-0.15, -0.1) is 0 Å². The number of benzene rings is 1. The summed E-state index contributed by atoms with van der Waals surface area (Å²) < 4.78 is 0. The number of nitrogens with zero attached hydrogens (tertiary/aromatic N) is 3. The van der Waals surface area contributed by atoms with Crippen LogP contribution in [0.5, 0.6) is 0 Å². The molecule has 2 aromatic rings. The Morgan fingerprint density at radius 1 is 1.17 bits per heavy atom. The normalized spacial score (nSPS) is 16.9. The zero-order valence-electron chi connectivity index (χ0n) is 19.3. The molecule has 30 heavy (non-hydrogen) atoms. The first-order chi connectivity index (χ1) is 14.3. The van der Waals surface area contributed by atoms with E-state index >= 15 is 0 Å². The van der Waals surface area contributed by atoms with Crippen molar-refractivity contribution in [1.29, 1.82) is 0 Å². The molecular weight excluding hydrogens is 372 g/mol. The predicted molar refractivity (Wildman–Crippen MR) is 124 cm³/mol. The second kappa shape index (κ2) is 11.8. The molecule has 1 atom stereocenters. The molecule has 5 nitrogen and oxygen atoms in total. The highest BCUT2D eigenvalue weighted by Gasteiger charge is 2.29. The highest BCUT2D eigenvalue weighted by atomic mass is 16.2. The van der Waals surface area contributed by atoms with Crippen molar-refractivity contribution in [2.75, 3.05) is 19.6 Å². The predicted octanol–water partition coefficient (Wildman–Crippen LogP) is 4.38. The Morgan fingerprint density at radius 3 is 2.47 bits per heavy atom. The van der Waals surface area contributed by atoms with Crippen LogP contribution in [0.2, 0.25) is 0 Å². The molecule has 5 heteroatoms. The standard InChI is InChI=1S/C19H24N4O.C6H14/c1-14-6-3-4-7-16(14)12-22-10-11-23(18(20)13-22)19(24)17-8-5-9-21-15(17)2;1-4-5-6(2)3/h3-9,18H,10-13,20H2,1-2H3;6H,4-5H2,1-3H3. The van der Waals surface area contributed by atoms with Gasteiger partial charge in [0.1, 0.15) is 0 Å². The Labute approximate surface area is 182 Å². The molecule has 0 radical (unpaired) electrons. The molecule has 0 spiro atoms. The number of aromatic nitrogens is 1. The Bertz CT molecular complexity index is 805. The van der Waals surface area contributed by atoms with Crippen LogP contribution in [0.3, 0.4) is 0 Å². The summed E-state index contributed by atoms with van der Waals surface area (Å²) >= 11 is 0. The SMILES string of the molecule is CCCC(C)C.Cc1ccccc1CN1CCN(C(=O)c2cccnc2C)C(N)C1. The van der Waals surface area contributed by atoms with Crippen LogP contribution in [0, 0.1) is 19.8 Å². The lowest BCUT2D eigenvalue weighted by atomic mass is 10.1. The Kier molecular flexibility index (Phi) is 9.47. The number of hydrogen-bond donors (Lipinski definition) is 1. The van der Waals surface area contributed by atoms with Gasteiger partial charge in [-0.1, -0.05) is 57.9 Å². The summed E-state index contributed by atoms with van der Waals surface area (Å²) in [6, 6.07) is 12.0. The summed E-state index contributed by atoms with van der Waals surface area (Å²) in [6.07, 6.45) is 4.11. The maximum atomic E-state index is 12.7. The van der Waals surface area contributed by atoms with Gasteiger partial charge in [-0.25, -0.2) is 0 Å². The van der Waals surface area contributed by atoms with Crippen molar-refractivity contribution in [1.82, 2.24) is 14.8 Å². The molecular formula is C25H38N4O. The number of carbonyl (C=O) groups is 1. The van der Waals surface area contributed by atoms with Crippen molar-refractivity contribution in [3.8, 4) is 0 Å². The summed E-state index contributed by atoms with van der Waals surface area (Å²) in [5.74, 6) is 0.874. The second-order valence-corrected chi connectivity index (χ2v) is 8.55. The number of nitrogens with two attached hydrogens (primary N) is 1. The van der Waals surface area contributed by atoms with E-state index in [2.05, 4.69) is 61.8 Å². The highest BCUT2D eigenvalue weighted by Crippen LogP contribution is 2.16. The van der Waals surface area contributed by atoms with Gasteiger partial charge >= 0.3 is 0 Å². The maximum Gasteiger partial charge on any atom is 0.257 e. The van der Waals surface area contributed by atoms with E-state index in [0.29, 0.717) is 18.7 Å². The summed E-state index contributed by atoms with van der Waals surface area (Å²) in [5.41, 5.74) is 10.3. The molecule has 0 aliphatic carbocycles. The fourth-order valence-corrected chi connectivity index (χ4v) is 3.74. The first kappa shape index (κ1) is 24.0. The summed E-state index contributed by atoms with van der Waals surface area (Å²) in [5, 5.41) is 0. The van der Waals surface area contributed by atoms with Gasteiger partial charge in [-0.3, -0.25) is 14.7 Å². The lowest BCUT2D eigenvalue weighted by molar-refractivity contribution is 0.0450. The van der Waals surface area contributed by atoms with Crippen LogP contribution in [0.25, 0.3) is 0 Å². The zero-order chi connectivity index (χ0) is 22.1. The Morgan fingerprint density at radius 2 is 1.90 bits per heavy atom. The molecule has 0 bridgehead atoms. The van der Waals surface area contributed by atoms with Gasteiger partial charge in [0.2, 0.25) is 0 Å². The zero-order valence-corrected chi connectivity index (χ0v) is 19.3. The molecule has 1 amide bonds. The molecule has 1 aliphatic heterocycles. The average Bonchev–Trinajstić information content (AvgIpc) is 2.70. The van der Waals surface area contributed by atoms with E-state index in [-0.39, 0.29) is 12.1 Å². The molecule has 1 aromatic carbocycles. The van der Waals surface area contributed by atoms with Gasteiger partial charge in [0.25, 0.3) is 5.91 Å². The van der Waals surface area contributed by atoms with Gasteiger partial charge < -0.3 is 10.6 Å². The summed E-state index contributed by atoms with van der Waals surface area (Å²) in [4.78, 5) is 21.0. The van der Waals surface area contributed by atoms with E-state index in [4.69, 9.17) is 5.73 Å². The summed E-state index contributed by atoms with van der Waals surface area (Å²) in [7, 11) is 0. The lowest BCUT2D eigenvalue weighted by Gasteiger charge is -2.39. The fourth-order valence-electron chi connectivity index (χ4n) is 3.74. The topological polar surface area (TPSA) is 62.5 Å². The molecule has 1 aliphatic rings. The van der Waals surface area contributed by atoms with E-state index in [1.807, 2.05) is 13.0 Å². The molecule has 1 saturated heterocycles. The number of aryl methyl sites for hydroxylation is 2. The number of rotatable bonds is 5. The summed E-state index contributed by atoms with van der Waals surface area (Å²) in [6.45, 7) is 13.7. The van der Waals surface area contributed by atoms with Gasteiger partial charge in [-0.05, 0) is 43.0 Å². The van der Waals surface area contributed by atoms with Crippen molar-refractivity contribution in [3.63, 3.8) is 0 Å². The molecule has 0 saturated carbocycles. The number of carbonyl (C=O) groups excluding carboxylic acids is 1. The minimum Gasteiger partial charge on any atom is -0.321 e. The second-order valence-electron chi connectivity index (χ2n) is 8.55. The van der Waals surface area contributed by atoms with Gasteiger partial charge in [0.15, 0.2) is 0 Å². The van der Waals surface area contributed by atoms with Crippen LogP contribution in [0.15, 0.2) is 42.6 Å². The van der Waals surface area contributed by atoms with Crippen LogP contribution in [0.1, 0.15) is 60.8 Å². The highest BCUT2D eigenvalue weighted by molar-refractivity contribution is 5.95. The minimum absolute atomic E-state index is 0.0244. The lowest BCUT2D eigenvalue weighted by Crippen LogP contribution is -2.58. The largest absolute Gasteiger partial charge is 0.321 e. The number of hydrogen-bond acceptors (Lipinski definition) is 4. The molecule has 2 N–H and O–H groups in total. The number of amides is 1. The maximum absolute atomic E-state index is 12.7. The van der Waals surface area contributed by atoms with Crippen LogP contribution < -0.4 is 5.73 Å². The average molecular weight is 411 g/mol. The van der Waals surface area contributed by atoms with Gasteiger partial charge in [-0.2, -0.15) is 0 Å². The molecule has 1 aromatic heterocycles. The third kappa shape index (κ3) is 6.92. The Hall–Kier alpha value is -2.24. The van der Waals surface area contributed by atoms with Crippen LogP contribution in [0.4, 0.5) is 0 Å². The minimum atomic E-state index is -0.296. The van der Waals surface area contributed by atoms with E-state index in [0.717, 1.165) is 24.7 Å². The van der Waals surface area contributed by atoms with Crippen molar-refractivity contribution in [3.05, 3.63) is 65.0 Å².